The van der Waals surface area contributed by atoms with Gasteiger partial charge in [0.2, 0.25) is 0 Å². The second kappa shape index (κ2) is 5.14. The van der Waals surface area contributed by atoms with Crippen LogP contribution in [0.25, 0.3) is 0 Å². The summed E-state index contributed by atoms with van der Waals surface area (Å²) in [5.74, 6) is 0.00153. The molecule has 0 aliphatic carbocycles. The monoisotopic (exact) mass is 224 g/mol. The van der Waals surface area contributed by atoms with E-state index in [0.717, 1.165) is 30.9 Å². The Hall–Kier alpha value is -1.32. The number of hydrogen-bond acceptors (Lipinski definition) is 2. The third-order valence-electron chi connectivity index (χ3n) is 2.97. The summed E-state index contributed by atoms with van der Waals surface area (Å²) >= 11 is 0. The number of carbonyl (C=O) groups excluding carboxylic acids is 1. The number of rotatable bonds is 5. The largest absolute Gasteiger partial charge is 0.541 e. The summed E-state index contributed by atoms with van der Waals surface area (Å²) in [6.07, 6.45) is 1.55. The molecule has 0 saturated heterocycles. The highest BCUT2D eigenvalue weighted by Gasteiger charge is 2.27. The molecule has 1 aromatic rings. The average Bonchev–Trinajstić information content (AvgIpc) is 2.60. The van der Waals surface area contributed by atoms with Crippen LogP contribution in [0.4, 0.5) is 0 Å². The Morgan fingerprint density at radius 2 is 1.88 bits per heavy atom. The van der Waals surface area contributed by atoms with E-state index in [4.69, 9.17) is 0 Å². The van der Waals surface area contributed by atoms with Crippen molar-refractivity contribution < 1.29 is 14.5 Å². The number of carboxylic acids is 1. The smallest absolute Gasteiger partial charge is 0.256 e. The molecule has 0 spiro atoms. The van der Waals surface area contributed by atoms with Crippen molar-refractivity contribution >= 4 is 5.97 Å². The minimum absolute atomic E-state index is 0.351. The molecule has 0 unspecified atom stereocenters. The van der Waals surface area contributed by atoms with Crippen LogP contribution in [-0.2, 0) is 25.9 Å². The highest BCUT2D eigenvalue weighted by atomic mass is 16.4. The Balaban J connectivity index is 3.56. The molecule has 16 heavy (non-hydrogen) atoms. The maximum Gasteiger partial charge on any atom is 0.256 e. The number of hydrogen-bond donors (Lipinski definition) is 0. The van der Waals surface area contributed by atoms with Gasteiger partial charge in [0.15, 0.2) is 11.4 Å². The Bertz CT molecular complexity index is 365. The van der Waals surface area contributed by atoms with Crippen molar-refractivity contribution in [2.24, 2.45) is 0 Å². The predicted octanol–water partition coefficient (Wildman–Crippen LogP) is 0.304. The van der Waals surface area contributed by atoms with Crippen molar-refractivity contribution in [2.75, 3.05) is 0 Å². The maximum atomic E-state index is 11.2. The molecular formula is C12H20N2O2. The van der Waals surface area contributed by atoms with Gasteiger partial charge < -0.3 is 9.90 Å². The number of aromatic nitrogens is 2. The lowest BCUT2D eigenvalue weighted by Gasteiger charge is -2.02. The number of carboxylic acid groups (broad SMARTS) is 1. The van der Waals surface area contributed by atoms with Crippen LogP contribution in [0.15, 0.2) is 0 Å². The molecular weight excluding hydrogens is 204 g/mol. The zero-order valence-corrected chi connectivity index (χ0v) is 10.5. The van der Waals surface area contributed by atoms with Crippen LogP contribution >= 0.6 is 0 Å². The molecule has 0 atom stereocenters. The molecule has 90 valence electrons. The summed E-state index contributed by atoms with van der Waals surface area (Å²) in [5, 5.41) is 11.2. The van der Waals surface area contributed by atoms with Crippen LogP contribution in [0.5, 0.6) is 0 Å². The van der Waals surface area contributed by atoms with Gasteiger partial charge in [-0.05, 0) is 13.8 Å². The quantitative estimate of drug-likeness (QED) is 0.676. The lowest BCUT2D eigenvalue weighted by molar-refractivity contribution is -0.704. The van der Waals surface area contributed by atoms with Crippen molar-refractivity contribution in [3.8, 4) is 0 Å². The first-order chi connectivity index (χ1) is 7.62. The average molecular weight is 224 g/mol. The summed E-state index contributed by atoms with van der Waals surface area (Å²) in [6.45, 7) is 9.51. The van der Waals surface area contributed by atoms with Crippen LogP contribution in [0, 0.1) is 0 Å². The SMILES string of the molecule is CCc1c(C(=O)[O-])[n+](CC)c(CC)n1CC. The van der Waals surface area contributed by atoms with E-state index in [1.807, 2.05) is 32.3 Å². The summed E-state index contributed by atoms with van der Waals surface area (Å²) in [6, 6.07) is 0. The summed E-state index contributed by atoms with van der Waals surface area (Å²) in [7, 11) is 0. The van der Waals surface area contributed by atoms with Crippen molar-refractivity contribution in [3.63, 3.8) is 0 Å². The van der Waals surface area contributed by atoms with E-state index in [1.54, 1.807) is 0 Å². The normalized spacial score (nSPS) is 10.8. The van der Waals surface area contributed by atoms with Crippen molar-refractivity contribution in [1.29, 1.82) is 0 Å². The molecule has 1 rings (SSSR count). The van der Waals surface area contributed by atoms with E-state index in [-0.39, 0.29) is 0 Å². The molecule has 4 heteroatoms. The molecule has 1 heterocycles. The first-order valence-electron chi connectivity index (χ1n) is 5.97. The first kappa shape index (κ1) is 12.7. The van der Waals surface area contributed by atoms with Gasteiger partial charge in [0.05, 0.1) is 13.1 Å². The molecule has 1 aromatic heterocycles. The van der Waals surface area contributed by atoms with Gasteiger partial charge >= 0.3 is 0 Å². The highest BCUT2D eigenvalue weighted by molar-refractivity contribution is 5.83. The topological polar surface area (TPSA) is 48.9 Å². The van der Waals surface area contributed by atoms with Gasteiger partial charge in [-0.25, -0.2) is 9.13 Å². The van der Waals surface area contributed by atoms with E-state index < -0.39 is 5.97 Å². The molecule has 0 N–H and O–H groups in total. The summed E-state index contributed by atoms with van der Waals surface area (Å²) in [5.41, 5.74) is 1.23. The standard InChI is InChI=1S/C12H20N2O2/c1-5-9-11(12(15)16)14(8-4)10(6-2)13(9)7-3/h5-8H2,1-4H3. The van der Waals surface area contributed by atoms with Crippen LogP contribution in [0.2, 0.25) is 0 Å². The Labute approximate surface area is 96.5 Å². The maximum absolute atomic E-state index is 11.2. The zero-order valence-electron chi connectivity index (χ0n) is 10.5. The minimum atomic E-state index is -1.07. The third-order valence-corrected chi connectivity index (χ3v) is 2.97. The van der Waals surface area contributed by atoms with Gasteiger partial charge in [0.1, 0.15) is 5.97 Å². The fraction of sp³-hybridized carbons (Fsp3) is 0.667. The molecule has 0 radical (unpaired) electrons. The van der Waals surface area contributed by atoms with Crippen LogP contribution in [0.1, 0.15) is 49.7 Å². The van der Waals surface area contributed by atoms with Gasteiger partial charge in [-0.2, -0.15) is 0 Å². The molecule has 0 bridgehead atoms. The third kappa shape index (κ3) is 1.84. The van der Waals surface area contributed by atoms with E-state index in [0.29, 0.717) is 12.2 Å². The van der Waals surface area contributed by atoms with Gasteiger partial charge in [0, 0.05) is 12.8 Å². The molecule has 0 aliphatic heterocycles. The number of nitrogens with zero attached hydrogens (tertiary/aromatic N) is 2. The molecule has 0 aliphatic rings. The van der Waals surface area contributed by atoms with E-state index in [9.17, 15) is 9.90 Å². The van der Waals surface area contributed by atoms with Crippen molar-refractivity contribution in [1.82, 2.24) is 4.57 Å². The Morgan fingerprint density at radius 1 is 1.25 bits per heavy atom. The Kier molecular flexibility index (Phi) is 4.10. The van der Waals surface area contributed by atoms with Crippen LogP contribution in [-0.4, -0.2) is 10.5 Å². The van der Waals surface area contributed by atoms with Gasteiger partial charge in [-0.15, -0.1) is 0 Å². The first-order valence-corrected chi connectivity index (χ1v) is 5.97. The second-order valence-corrected chi connectivity index (χ2v) is 3.69. The lowest BCUT2D eigenvalue weighted by atomic mass is 10.2. The predicted molar refractivity (Wildman–Crippen MR) is 59.1 cm³/mol. The van der Waals surface area contributed by atoms with Gasteiger partial charge in [-0.3, -0.25) is 0 Å². The van der Waals surface area contributed by atoms with Gasteiger partial charge in [-0.1, -0.05) is 13.8 Å². The zero-order chi connectivity index (χ0) is 12.3. The second-order valence-electron chi connectivity index (χ2n) is 3.69. The Morgan fingerprint density at radius 3 is 2.19 bits per heavy atom. The van der Waals surface area contributed by atoms with E-state index >= 15 is 0 Å². The highest BCUT2D eigenvalue weighted by Crippen LogP contribution is 2.11. The fourth-order valence-corrected chi connectivity index (χ4v) is 2.40. The fourth-order valence-electron chi connectivity index (χ4n) is 2.40. The molecule has 0 amide bonds. The van der Waals surface area contributed by atoms with E-state index in [2.05, 4.69) is 4.57 Å². The van der Waals surface area contributed by atoms with Gasteiger partial charge in [0.25, 0.3) is 5.82 Å². The molecule has 0 saturated carbocycles. The molecule has 0 fully saturated rings. The number of aromatic carboxylic acids is 1. The van der Waals surface area contributed by atoms with Crippen molar-refractivity contribution in [3.05, 3.63) is 17.2 Å². The summed E-state index contributed by atoms with van der Waals surface area (Å²) < 4.78 is 3.95. The minimum Gasteiger partial charge on any atom is -0.541 e. The van der Waals surface area contributed by atoms with Crippen molar-refractivity contribution in [2.45, 2.75) is 53.6 Å². The number of imidazole rings is 1. The lowest BCUT2D eigenvalue weighted by Crippen LogP contribution is -2.45. The molecule has 4 nitrogen and oxygen atoms in total. The number of carbonyl (C=O) groups is 1. The van der Waals surface area contributed by atoms with Crippen LogP contribution < -0.4 is 9.67 Å². The molecule has 0 aromatic carbocycles. The van der Waals surface area contributed by atoms with E-state index in [1.165, 1.54) is 0 Å². The van der Waals surface area contributed by atoms with Crippen LogP contribution in [0.3, 0.4) is 0 Å². The summed E-state index contributed by atoms with van der Waals surface area (Å²) in [4.78, 5) is 11.2.